The van der Waals surface area contributed by atoms with Crippen LogP contribution < -0.4 is 10.6 Å². The first-order chi connectivity index (χ1) is 16.8. The Morgan fingerprint density at radius 1 is 1.17 bits per heavy atom. The number of aliphatic hydroxyl groups excluding tert-OH is 1. The maximum Gasteiger partial charge on any atom is 0.257 e. The van der Waals surface area contributed by atoms with Crippen LogP contribution in [0.4, 0.5) is 10.2 Å². The second-order valence-corrected chi connectivity index (χ2v) is 9.95. The van der Waals surface area contributed by atoms with Crippen LogP contribution in [0.25, 0.3) is 0 Å². The zero-order chi connectivity index (χ0) is 24.6. The van der Waals surface area contributed by atoms with Gasteiger partial charge in [0.1, 0.15) is 5.82 Å². The topological polar surface area (TPSA) is 97.8 Å². The predicted molar refractivity (Wildman–Crippen MR) is 129 cm³/mol. The van der Waals surface area contributed by atoms with Crippen LogP contribution in [0.2, 0.25) is 0 Å². The number of β-amino-alcohol motifs (C(OH)–C–C–N with tert-alkyl or cyclic N) is 1. The smallest absolute Gasteiger partial charge is 0.257 e. The van der Waals surface area contributed by atoms with E-state index in [-0.39, 0.29) is 24.1 Å². The normalized spacial score (nSPS) is 24.8. The minimum atomic E-state index is -0.762. The molecule has 2 atom stereocenters. The van der Waals surface area contributed by atoms with Crippen molar-refractivity contribution in [2.24, 2.45) is 0 Å². The van der Waals surface area contributed by atoms with E-state index in [2.05, 4.69) is 27.8 Å². The summed E-state index contributed by atoms with van der Waals surface area (Å²) in [4.78, 5) is 32.2. The maximum atomic E-state index is 14.6. The lowest BCUT2D eigenvalue weighted by atomic mass is 9.76. The lowest BCUT2D eigenvalue weighted by molar-refractivity contribution is -0.129. The van der Waals surface area contributed by atoms with Gasteiger partial charge in [-0.3, -0.25) is 9.59 Å². The van der Waals surface area contributed by atoms with Crippen LogP contribution in [0, 0.1) is 5.82 Å². The molecule has 1 aromatic carbocycles. The molecule has 186 valence electrons. The predicted octanol–water partition coefficient (Wildman–Crippen LogP) is 1.93. The quantitative estimate of drug-likeness (QED) is 0.620. The summed E-state index contributed by atoms with van der Waals surface area (Å²) in [5.41, 5.74) is 1.92. The number of halogens is 1. The molecule has 35 heavy (non-hydrogen) atoms. The SMILES string of the molecule is CC(=O)N1CCC(Nc2cc(C(=O)N3CC[C@]4(Cc5ccccc5CN4)[C@H](O)C3)c(F)cn2)CC1. The number of rotatable bonds is 3. The molecule has 2 amide bonds. The Balaban J connectivity index is 1.24. The standard InChI is InChI=1S/C26H32FN5O3/c1-17(33)31-9-6-20(7-10-31)30-24-12-21(22(27)15-28-24)25(35)32-11-8-26(23(34)16-32)13-18-4-2-3-5-19(18)14-29-26/h2-5,12,15,20,23,29,34H,6-11,13-14,16H2,1H3,(H,28,30)/t23-,26+/m1/s1. The molecule has 0 saturated carbocycles. The van der Waals surface area contributed by atoms with E-state index in [1.807, 2.05) is 12.1 Å². The monoisotopic (exact) mass is 481 g/mol. The van der Waals surface area contributed by atoms with Crippen LogP contribution in [-0.4, -0.2) is 75.6 Å². The second kappa shape index (κ2) is 9.54. The van der Waals surface area contributed by atoms with E-state index in [4.69, 9.17) is 0 Å². The fraction of sp³-hybridized carbons (Fsp3) is 0.500. The molecule has 0 unspecified atom stereocenters. The number of carbonyl (C=O) groups excluding carboxylic acids is 2. The number of nitrogens with one attached hydrogen (secondary N) is 2. The number of carbonyl (C=O) groups is 2. The van der Waals surface area contributed by atoms with Crippen LogP contribution in [0.15, 0.2) is 36.5 Å². The van der Waals surface area contributed by atoms with E-state index in [9.17, 15) is 19.1 Å². The fourth-order valence-electron chi connectivity index (χ4n) is 5.55. The van der Waals surface area contributed by atoms with Gasteiger partial charge >= 0.3 is 0 Å². The van der Waals surface area contributed by atoms with Crippen molar-refractivity contribution in [3.05, 3.63) is 59.0 Å². The van der Waals surface area contributed by atoms with E-state index < -0.39 is 23.4 Å². The van der Waals surface area contributed by atoms with Gasteiger partial charge in [-0.25, -0.2) is 9.37 Å². The Morgan fingerprint density at radius 2 is 1.91 bits per heavy atom. The number of likely N-dealkylation sites (tertiary alicyclic amines) is 2. The zero-order valence-electron chi connectivity index (χ0n) is 20.0. The lowest BCUT2D eigenvalue weighted by Gasteiger charge is -2.48. The van der Waals surface area contributed by atoms with Crippen LogP contribution in [0.3, 0.4) is 0 Å². The number of aliphatic hydroxyl groups is 1. The maximum absolute atomic E-state index is 14.6. The second-order valence-electron chi connectivity index (χ2n) is 9.95. The third-order valence-corrected chi connectivity index (χ3v) is 7.78. The van der Waals surface area contributed by atoms with Crippen molar-refractivity contribution >= 4 is 17.6 Å². The molecule has 3 aliphatic rings. The molecule has 0 bridgehead atoms. The van der Waals surface area contributed by atoms with E-state index in [1.165, 1.54) is 22.1 Å². The van der Waals surface area contributed by atoms with Gasteiger partial charge in [-0.1, -0.05) is 24.3 Å². The minimum Gasteiger partial charge on any atom is -0.389 e. The van der Waals surface area contributed by atoms with Crippen molar-refractivity contribution in [1.29, 1.82) is 0 Å². The summed E-state index contributed by atoms with van der Waals surface area (Å²) >= 11 is 0. The molecule has 3 aliphatic heterocycles. The number of amides is 2. The Kier molecular flexibility index (Phi) is 6.46. The number of anilines is 1. The molecular weight excluding hydrogens is 449 g/mol. The van der Waals surface area contributed by atoms with E-state index in [1.54, 1.807) is 11.8 Å². The highest BCUT2D eigenvalue weighted by Crippen LogP contribution is 2.33. The fourth-order valence-corrected chi connectivity index (χ4v) is 5.55. The summed E-state index contributed by atoms with van der Waals surface area (Å²) < 4.78 is 14.6. The van der Waals surface area contributed by atoms with Crippen LogP contribution >= 0.6 is 0 Å². The van der Waals surface area contributed by atoms with Gasteiger partial charge in [0.25, 0.3) is 5.91 Å². The van der Waals surface area contributed by atoms with Crippen molar-refractivity contribution in [2.45, 2.75) is 56.8 Å². The van der Waals surface area contributed by atoms with Crippen molar-refractivity contribution in [1.82, 2.24) is 20.1 Å². The first-order valence-electron chi connectivity index (χ1n) is 12.3. The highest BCUT2D eigenvalue weighted by atomic mass is 19.1. The van der Waals surface area contributed by atoms with Crippen molar-refractivity contribution < 1.29 is 19.1 Å². The van der Waals surface area contributed by atoms with E-state index in [0.717, 1.165) is 19.0 Å². The summed E-state index contributed by atoms with van der Waals surface area (Å²) in [5, 5.41) is 17.9. The summed E-state index contributed by atoms with van der Waals surface area (Å²) in [6.07, 6.45) is 3.12. The number of hydrogen-bond donors (Lipinski definition) is 3. The third kappa shape index (κ3) is 4.75. The van der Waals surface area contributed by atoms with Gasteiger partial charge in [0.05, 0.1) is 23.4 Å². The van der Waals surface area contributed by atoms with Gasteiger partial charge in [-0.15, -0.1) is 0 Å². The van der Waals surface area contributed by atoms with Gasteiger partial charge in [-0.05, 0) is 42.9 Å². The van der Waals surface area contributed by atoms with E-state index >= 15 is 0 Å². The van der Waals surface area contributed by atoms with Crippen LogP contribution in [-0.2, 0) is 17.8 Å². The lowest BCUT2D eigenvalue weighted by Crippen LogP contribution is -2.65. The Labute approximate surface area is 204 Å². The summed E-state index contributed by atoms with van der Waals surface area (Å²) in [5.74, 6) is -0.610. The van der Waals surface area contributed by atoms with Gasteiger partial charge in [0.2, 0.25) is 5.91 Å². The first kappa shape index (κ1) is 23.7. The number of pyridine rings is 1. The van der Waals surface area contributed by atoms with Crippen molar-refractivity contribution in [3.63, 3.8) is 0 Å². The molecule has 1 aromatic heterocycles. The number of benzene rings is 1. The summed E-state index contributed by atoms with van der Waals surface area (Å²) in [7, 11) is 0. The minimum absolute atomic E-state index is 0.0474. The zero-order valence-corrected chi connectivity index (χ0v) is 20.0. The van der Waals surface area contributed by atoms with Crippen molar-refractivity contribution in [2.75, 3.05) is 31.5 Å². The molecule has 0 radical (unpaired) electrons. The van der Waals surface area contributed by atoms with Crippen LogP contribution in [0.5, 0.6) is 0 Å². The van der Waals surface area contributed by atoms with Gasteiger partial charge < -0.3 is 25.5 Å². The summed E-state index contributed by atoms with van der Waals surface area (Å²) in [6, 6.07) is 9.76. The highest BCUT2D eigenvalue weighted by molar-refractivity contribution is 5.95. The number of fused-ring (bicyclic) bond motifs is 1. The highest BCUT2D eigenvalue weighted by Gasteiger charge is 2.45. The molecule has 2 saturated heterocycles. The Morgan fingerprint density at radius 3 is 2.63 bits per heavy atom. The molecule has 2 fully saturated rings. The van der Waals surface area contributed by atoms with E-state index in [0.29, 0.717) is 44.8 Å². The Hall–Kier alpha value is -3.04. The van der Waals surface area contributed by atoms with Crippen molar-refractivity contribution in [3.8, 4) is 0 Å². The Bertz CT molecular complexity index is 1120. The average molecular weight is 482 g/mol. The molecule has 1 spiro atoms. The number of aromatic nitrogens is 1. The molecule has 8 nitrogen and oxygen atoms in total. The summed E-state index contributed by atoms with van der Waals surface area (Å²) in [6.45, 7) is 4.13. The average Bonchev–Trinajstić information content (AvgIpc) is 2.87. The largest absolute Gasteiger partial charge is 0.389 e. The molecule has 2 aromatic rings. The van der Waals surface area contributed by atoms with Crippen LogP contribution in [0.1, 0.15) is 47.7 Å². The molecule has 3 N–H and O–H groups in total. The third-order valence-electron chi connectivity index (χ3n) is 7.78. The number of hydrogen-bond acceptors (Lipinski definition) is 6. The number of nitrogens with zero attached hydrogens (tertiary/aromatic N) is 3. The first-order valence-corrected chi connectivity index (χ1v) is 12.3. The number of piperidine rings is 2. The van der Waals surface area contributed by atoms with Gasteiger partial charge in [0, 0.05) is 45.7 Å². The molecule has 5 rings (SSSR count). The molecular formula is C26H32FN5O3. The van der Waals surface area contributed by atoms with Gasteiger partial charge in [0.15, 0.2) is 5.82 Å². The van der Waals surface area contributed by atoms with Gasteiger partial charge in [-0.2, -0.15) is 0 Å². The molecule has 4 heterocycles. The molecule has 0 aliphatic carbocycles. The molecule has 9 heteroatoms.